The molecule has 2 saturated heterocycles. The lowest BCUT2D eigenvalue weighted by atomic mass is 10.0. The van der Waals surface area contributed by atoms with E-state index in [1.165, 1.54) is 71.1 Å². The number of aliphatic hydroxyl groups excluding tert-OH is 1. The first-order chi connectivity index (χ1) is 8.83. The maximum atomic E-state index is 10.4. The average Bonchev–Trinajstić information content (AvgIpc) is 2.99. The zero-order valence-electron chi connectivity index (χ0n) is 11.6. The fourth-order valence-corrected chi connectivity index (χ4v) is 4.20. The summed E-state index contributed by atoms with van der Waals surface area (Å²) in [4.78, 5) is 5.21. The van der Waals surface area contributed by atoms with Crippen LogP contribution in [0, 0.1) is 5.92 Å². The molecule has 0 aromatic heterocycles. The van der Waals surface area contributed by atoms with Crippen LogP contribution in [-0.2, 0) is 0 Å². The van der Waals surface area contributed by atoms with E-state index in [0.717, 1.165) is 12.6 Å². The minimum Gasteiger partial charge on any atom is -0.392 e. The third-order valence-corrected chi connectivity index (χ3v) is 5.28. The molecule has 2 aliphatic heterocycles. The predicted octanol–water partition coefficient (Wildman–Crippen LogP) is 1.71. The second kappa shape index (κ2) is 5.89. The highest BCUT2D eigenvalue weighted by Crippen LogP contribution is 2.29. The van der Waals surface area contributed by atoms with Crippen molar-refractivity contribution < 1.29 is 5.11 Å². The molecule has 1 N–H and O–H groups in total. The van der Waals surface area contributed by atoms with Gasteiger partial charge in [-0.05, 0) is 57.7 Å². The van der Waals surface area contributed by atoms with E-state index in [1.54, 1.807) is 0 Å². The van der Waals surface area contributed by atoms with Crippen LogP contribution in [0.5, 0.6) is 0 Å². The van der Waals surface area contributed by atoms with E-state index in [1.807, 2.05) is 0 Å². The maximum absolute atomic E-state index is 10.4. The molecule has 18 heavy (non-hydrogen) atoms. The quantitative estimate of drug-likeness (QED) is 0.828. The van der Waals surface area contributed by atoms with Crippen LogP contribution in [-0.4, -0.2) is 59.8 Å². The monoisotopic (exact) mass is 252 g/mol. The average molecular weight is 252 g/mol. The van der Waals surface area contributed by atoms with Crippen molar-refractivity contribution in [2.24, 2.45) is 5.92 Å². The van der Waals surface area contributed by atoms with Crippen molar-refractivity contribution in [1.82, 2.24) is 9.80 Å². The van der Waals surface area contributed by atoms with Crippen molar-refractivity contribution in [3.05, 3.63) is 0 Å². The van der Waals surface area contributed by atoms with E-state index in [0.29, 0.717) is 5.92 Å². The fourth-order valence-electron chi connectivity index (χ4n) is 4.20. The first-order valence-corrected chi connectivity index (χ1v) is 7.97. The molecule has 0 bridgehead atoms. The van der Waals surface area contributed by atoms with Gasteiger partial charge in [0.1, 0.15) is 0 Å². The number of hydrogen-bond donors (Lipinski definition) is 1. The van der Waals surface area contributed by atoms with Crippen LogP contribution >= 0.6 is 0 Å². The summed E-state index contributed by atoms with van der Waals surface area (Å²) in [6.07, 6.45) is 9.14. The second-order valence-corrected chi connectivity index (χ2v) is 6.56. The van der Waals surface area contributed by atoms with Crippen LogP contribution < -0.4 is 0 Å². The molecule has 0 aromatic carbocycles. The highest BCUT2D eigenvalue weighted by molar-refractivity contribution is 4.86. The molecular weight excluding hydrogens is 224 g/mol. The Bertz CT molecular complexity index is 265. The van der Waals surface area contributed by atoms with Gasteiger partial charge in [-0.1, -0.05) is 12.8 Å². The minimum absolute atomic E-state index is 0.0690. The first kappa shape index (κ1) is 12.9. The summed E-state index contributed by atoms with van der Waals surface area (Å²) < 4.78 is 0. The molecule has 3 heteroatoms. The predicted molar refractivity (Wildman–Crippen MR) is 73.6 cm³/mol. The number of nitrogens with zero attached hydrogens (tertiary/aromatic N) is 2. The van der Waals surface area contributed by atoms with Gasteiger partial charge in [-0.3, -0.25) is 9.80 Å². The molecule has 3 fully saturated rings. The lowest BCUT2D eigenvalue weighted by Crippen LogP contribution is -2.41. The number of hydrogen-bond acceptors (Lipinski definition) is 3. The van der Waals surface area contributed by atoms with Gasteiger partial charge in [0.05, 0.1) is 6.10 Å². The van der Waals surface area contributed by atoms with Gasteiger partial charge in [0.25, 0.3) is 0 Å². The van der Waals surface area contributed by atoms with Crippen molar-refractivity contribution >= 4 is 0 Å². The van der Waals surface area contributed by atoms with Crippen LogP contribution in [0.15, 0.2) is 0 Å². The van der Waals surface area contributed by atoms with E-state index < -0.39 is 0 Å². The maximum Gasteiger partial charge on any atom is 0.0695 e. The van der Waals surface area contributed by atoms with Gasteiger partial charge in [-0.2, -0.15) is 0 Å². The van der Waals surface area contributed by atoms with Crippen LogP contribution in [0.4, 0.5) is 0 Å². The number of aliphatic hydroxyl groups is 1. The zero-order chi connectivity index (χ0) is 12.4. The van der Waals surface area contributed by atoms with Crippen molar-refractivity contribution in [1.29, 1.82) is 0 Å². The Balaban J connectivity index is 1.51. The SMILES string of the molecule is OC(CN1CCCN2CCCC2C1)C1CCCC1. The van der Waals surface area contributed by atoms with Gasteiger partial charge >= 0.3 is 0 Å². The zero-order valence-corrected chi connectivity index (χ0v) is 11.6. The van der Waals surface area contributed by atoms with Crippen molar-refractivity contribution in [2.75, 3.05) is 32.7 Å². The Morgan fingerprint density at radius 3 is 2.56 bits per heavy atom. The molecule has 0 radical (unpaired) electrons. The highest BCUT2D eigenvalue weighted by Gasteiger charge is 2.31. The molecule has 0 amide bonds. The summed E-state index contributed by atoms with van der Waals surface area (Å²) in [7, 11) is 0. The third-order valence-electron chi connectivity index (χ3n) is 5.28. The Kier molecular flexibility index (Phi) is 4.22. The molecule has 0 aromatic rings. The molecule has 2 unspecified atom stereocenters. The van der Waals surface area contributed by atoms with Crippen LogP contribution in [0.3, 0.4) is 0 Å². The Hall–Kier alpha value is -0.120. The second-order valence-electron chi connectivity index (χ2n) is 6.56. The molecule has 1 saturated carbocycles. The van der Waals surface area contributed by atoms with E-state index in [2.05, 4.69) is 9.80 Å². The molecular formula is C15H28N2O. The minimum atomic E-state index is -0.0690. The van der Waals surface area contributed by atoms with Crippen LogP contribution in [0.25, 0.3) is 0 Å². The summed E-state index contributed by atoms with van der Waals surface area (Å²) in [5.41, 5.74) is 0. The summed E-state index contributed by atoms with van der Waals surface area (Å²) >= 11 is 0. The third kappa shape index (κ3) is 2.89. The van der Waals surface area contributed by atoms with Crippen molar-refractivity contribution in [2.45, 2.75) is 57.1 Å². The van der Waals surface area contributed by atoms with E-state index in [4.69, 9.17) is 0 Å². The van der Waals surface area contributed by atoms with Gasteiger partial charge in [0.2, 0.25) is 0 Å². The van der Waals surface area contributed by atoms with Gasteiger partial charge < -0.3 is 5.11 Å². The molecule has 0 spiro atoms. The van der Waals surface area contributed by atoms with E-state index >= 15 is 0 Å². The van der Waals surface area contributed by atoms with Crippen LogP contribution in [0.2, 0.25) is 0 Å². The standard InChI is InChI=1S/C15H28N2O/c18-15(13-5-1-2-6-13)12-16-8-4-10-17-9-3-7-14(17)11-16/h13-15,18H,1-12H2. The molecule has 3 nitrogen and oxygen atoms in total. The van der Waals surface area contributed by atoms with E-state index in [9.17, 15) is 5.11 Å². The topological polar surface area (TPSA) is 26.7 Å². The molecule has 2 atom stereocenters. The van der Waals surface area contributed by atoms with E-state index in [-0.39, 0.29) is 6.10 Å². The highest BCUT2D eigenvalue weighted by atomic mass is 16.3. The summed E-state index contributed by atoms with van der Waals surface area (Å²) in [6, 6.07) is 0.781. The summed E-state index contributed by atoms with van der Waals surface area (Å²) in [5.74, 6) is 0.591. The number of rotatable bonds is 3. The molecule has 2 heterocycles. The smallest absolute Gasteiger partial charge is 0.0695 e. The molecule has 1 aliphatic carbocycles. The number of β-amino-alcohol motifs (C(OH)–C–C–N with tert-alkyl or cyclic N) is 1. The summed E-state index contributed by atoms with van der Waals surface area (Å²) in [5, 5.41) is 10.4. The van der Waals surface area contributed by atoms with Gasteiger partial charge in [-0.15, -0.1) is 0 Å². The fraction of sp³-hybridized carbons (Fsp3) is 1.00. The van der Waals surface area contributed by atoms with Gasteiger partial charge in [0, 0.05) is 19.1 Å². The normalized spacial score (nSPS) is 33.5. The molecule has 3 rings (SSSR count). The summed E-state index contributed by atoms with van der Waals surface area (Å²) in [6.45, 7) is 5.90. The van der Waals surface area contributed by atoms with Crippen molar-refractivity contribution in [3.8, 4) is 0 Å². The largest absolute Gasteiger partial charge is 0.392 e. The van der Waals surface area contributed by atoms with Crippen molar-refractivity contribution in [3.63, 3.8) is 0 Å². The Morgan fingerprint density at radius 1 is 0.944 bits per heavy atom. The lowest BCUT2D eigenvalue weighted by Gasteiger charge is -2.29. The Labute approximate surface area is 111 Å². The lowest BCUT2D eigenvalue weighted by molar-refractivity contribution is 0.0630. The molecule has 3 aliphatic rings. The number of fused-ring (bicyclic) bond motifs is 1. The van der Waals surface area contributed by atoms with Crippen LogP contribution in [0.1, 0.15) is 44.9 Å². The first-order valence-electron chi connectivity index (χ1n) is 7.97. The van der Waals surface area contributed by atoms with Gasteiger partial charge in [-0.25, -0.2) is 0 Å². The molecule has 104 valence electrons. The van der Waals surface area contributed by atoms with Gasteiger partial charge in [0.15, 0.2) is 0 Å². The Morgan fingerprint density at radius 2 is 1.72 bits per heavy atom.